The van der Waals surface area contributed by atoms with Crippen molar-refractivity contribution < 1.29 is 4.42 Å². The summed E-state index contributed by atoms with van der Waals surface area (Å²) in [5.74, 6) is 0.573. The SMILES string of the molecule is Clc1cccc(-c2nc3ccc4ccc5c(c6ccccc6n5-c5ccccc5)c4c3o2)c1. The number of hydrogen-bond donors (Lipinski definition) is 0. The Kier molecular flexibility index (Phi) is 3.90. The third-order valence-electron chi connectivity index (χ3n) is 6.26. The van der Waals surface area contributed by atoms with Crippen molar-refractivity contribution in [3.05, 3.63) is 108 Å². The van der Waals surface area contributed by atoms with Gasteiger partial charge in [-0.3, -0.25) is 0 Å². The number of aromatic nitrogens is 2. The maximum Gasteiger partial charge on any atom is 0.227 e. The Labute approximate surface area is 194 Å². The zero-order chi connectivity index (χ0) is 21.9. The van der Waals surface area contributed by atoms with Gasteiger partial charge in [0.2, 0.25) is 5.89 Å². The summed E-state index contributed by atoms with van der Waals surface area (Å²) < 4.78 is 8.73. The lowest BCUT2D eigenvalue weighted by atomic mass is 10.0. The summed E-state index contributed by atoms with van der Waals surface area (Å²) >= 11 is 6.22. The van der Waals surface area contributed by atoms with E-state index < -0.39 is 0 Å². The molecule has 3 nitrogen and oxygen atoms in total. The number of rotatable bonds is 2. The molecule has 0 amide bonds. The number of fused-ring (bicyclic) bond motifs is 7. The van der Waals surface area contributed by atoms with E-state index in [0.29, 0.717) is 10.9 Å². The van der Waals surface area contributed by atoms with E-state index in [9.17, 15) is 0 Å². The summed E-state index contributed by atoms with van der Waals surface area (Å²) in [7, 11) is 0. The molecule has 0 saturated carbocycles. The van der Waals surface area contributed by atoms with Gasteiger partial charge in [-0.2, -0.15) is 0 Å². The fraction of sp³-hybridized carbons (Fsp3) is 0. The van der Waals surface area contributed by atoms with Crippen molar-refractivity contribution >= 4 is 55.3 Å². The van der Waals surface area contributed by atoms with Crippen LogP contribution in [-0.4, -0.2) is 9.55 Å². The minimum Gasteiger partial charge on any atom is -0.435 e. The van der Waals surface area contributed by atoms with E-state index in [-0.39, 0.29) is 0 Å². The number of benzene rings is 5. The summed E-state index contributed by atoms with van der Waals surface area (Å²) in [4.78, 5) is 4.79. The predicted molar refractivity (Wildman–Crippen MR) is 136 cm³/mol. The quantitative estimate of drug-likeness (QED) is 0.268. The van der Waals surface area contributed by atoms with Gasteiger partial charge in [-0.25, -0.2) is 4.98 Å². The molecule has 2 heterocycles. The molecule has 0 aliphatic carbocycles. The van der Waals surface area contributed by atoms with Crippen LogP contribution < -0.4 is 0 Å². The summed E-state index contributed by atoms with van der Waals surface area (Å²) in [5.41, 5.74) is 5.93. The van der Waals surface area contributed by atoms with E-state index in [0.717, 1.165) is 44.2 Å². The van der Waals surface area contributed by atoms with Gasteiger partial charge < -0.3 is 8.98 Å². The van der Waals surface area contributed by atoms with Gasteiger partial charge >= 0.3 is 0 Å². The van der Waals surface area contributed by atoms with Gasteiger partial charge in [0.05, 0.1) is 11.0 Å². The molecule has 0 aliphatic heterocycles. The summed E-state index contributed by atoms with van der Waals surface area (Å²) in [6.07, 6.45) is 0. The van der Waals surface area contributed by atoms with Gasteiger partial charge in [0.25, 0.3) is 0 Å². The molecule has 2 aromatic heterocycles. The number of para-hydroxylation sites is 2. The maximum atomic E-state index is 6.42. The normalized spacial score (nSPS) is 11.8. The van der Waals surface area contributed by atoms with Crippen LogP contribution in [-0.2, 0) is 0 Å². The Balaban J connectivity index is 1.64. The van der Waals surface area contributed by atoms with Crippen LogP contribution in [0.2, 0.25) is 5.02 Å². The Hall–Kier alpha value is -4.08. The second-order valence-corrected chi connectivity index (χ2v) is 8.63. The number of nitrogens with zero attached hydrogens (tertiary/aromatic N) is 2. The highest BCUT2D eigenvalue weighted by Crippen LogP contribution is 2.40. The van der Waals surface area contributed by atoms with Crippen LogP contribution in [0.4, 0.5) is 0 Å². The smallest absolute Gasteiger partial charge is 0.227 e. The van der Waals surface area contributed by atoms with Crippen molar-refractivity contribution in [2.75, 3.05) is 0 Å². The highest BCUT2D eigenvalue weighted by molar-refractivity contribution is 6.31. The molecule has 7 rings (SSSR count). The van der Waals surface area contributed by atoms with Crippen LogP contribution in [0.1, 0.15) is 0 Å². The fourth-order valence-corrected chi connectivity index (χ4v) is 5.04. The lowest BCUT2D eigenvalue weighted by Crippen LogP contribution is -1.92. The van der Waals surface area contributed by atoms with Crippen LogP contribution in [0.3, 0.4) is 0 Å². The van der Waals surface area contributed by atoms with Gasteiger partial charge in [0, 0.05) is 32.4 Å². The molecular weight excluding hydrogens is 428 g/mol. The molecule has 7 aromatic rings. The monoisotopic (exact) mass is 444 g/mol. The highest BCUT2D eigenvalue weighted by atomic mass is 35.5. The first-order valence-corrected chi connectivity index (χ1v) is 11.2. The standard InChI is InChI=1S/C29H17ClN2O/c30-20-8-6-7-19(17-20)29-31-23-15-13-18-14-16-25-27(26(18)28(23)33-29)22-11-4-5-12-24(22)32(25)21-9-2-1-3-10-21/h1-17H. The summed E-state index contributed by atoms with van der Waals surface area (Å²) in [6, 6.07) is 35.1. The first kappa shape index (κ1) is 18.5. The molecule has 0 saturated heterocycles. The van der Waals surface area contributed by atoms with E-state index in [4.69, 9.17) is 21.0 Å². The second-order valence-electron chi connectivity index (χ2n) is 8.19. The second kappa shape index (κ2) is 6.96. The molecule has 156 valence electrons. The molecule has 4 heteroatoms. The van der Waals surface area contributed by atoms with Crippen molar-refractivity contribution in [3.8, 4) is 17.1 Å². The maximum absolute atomic E-state index is 6.42. The number of oxazole rings is 1. The lowest BCUT2D eigenvalue weighted by molar-refractivity contribution is 0.623. The van der Waals surface area contributed by atoms with Gasteiger partial charge in [-0.15, -0.1) is 0 Å². The number of hydrogen-bond acceptors (Lipinski definition) is 2. The van der Waals surface area contributed by atoms with Gasteiger partial charge in [-0.1, -0.05) is 66.2 Å². The molecule has 0 fully saturated rings. The topological polar surface area (TPSA) is 31.0 Å². The molecular formula is C29H17ClN2O. The van der Waals surface area contributed by atoms with Crippen molar-refractivity contribution in [2.45, 2.75) is 0 Å². The molecule has 0 spiro atoms. The van der Waals surface area contributed by atoms with Gasteiger partial charge in [0.15, 0.2) is 5.58 Å². The van der Waals surface area contributed by atoms with Gasteiger partial charge in [-0.05, 0) is 53.9 Å². The molecule has 33 heavy (non-hydrogen) atoms. The third kappa shape index (κ3) is 2.73. The zero-order valence-electron chi connectivity index (χ0n) is 17.5. The van der Waals surface area contributed by atoms with Crippen LogP contribution >= 0.6 is 11.6 Å². The fourth-order valence-electron chi connectivity index (χ4n) is 4.85. The number of halogens is 1. The third-order valence-corrected chi connectivity index (χ3v) is 6.49. The Morgan fingerprint density at radius 2 is 1.52 bits per heavy atom. The largest absolute Gasteiger partial charge is 0.435 e. The average Bonchev–Trinajstić information content (AvgIpc) is 3.44. The van der Waals surface area contributed by atoms with Gasteiger partial charge in [0.1, 0.15) is 5.52 Å². The van der Waals surface area contributed by atoms with E-state index in [1.165, 1.54) is 10.8 Å². The summed E-state index contributed by atoms with van der Waals surface area (Å²) in [5, 5.41) is 5.23. The van der Waals surface area contributed by atoms with Crippen LogP contribution in [0.15, 0.2) is 108 Å². The minimum atomic E-state index is 0.573. The van der Waals surface area contributed by atoms with E-state index in [2.05, 4.69) is 71.3 Å². The molecule has 0 aliphatic rings. The molecule has 0 atom stereocenters. The molecule has 0 bridgehead atoms. The first-order chi connectivity index (χ1) is 16.3. The van der Waals surface area contributed by atoms with E-state index in [1.54, 1.807) is 0 Å². The van der Waals surface area contributed by atoms with Crippen molar-refractivity contribution in [2.24, 2.45) is 0 Å². The Bertz CT molecular complexity index is 1830. The van der Waals surface area contributed by atoms with Crippen LogP contribution in [0, 0.1) is 0 Å². The summed E-state index contributed by atoms with van der Waals surface area (Å²) in [6.45, 7) is 0. The predicted octanol–water partition coefficient (Wildman–Crippen LogP) is 8.40. The van der Waals surface area contributed by atoms with Crippen LogP contribution in [0.5, 0.6) is 0 Å². The molecule has 0 unspecified atom stereocenters. The van der Waals surface area contributed by atoms with Crippen molar-refractivity contribution in [3.63, 3.8) is 0 Å². The highest BCUT2D eigenvalue weighted by Gasteiger charge is 2.19. The molecule has 5 aromatic carbocycles. The van der Waals surface area contributed by atoms with Crippen molar-refractivity contribution in [1.82, 2.24) is 9.55 Å². The lowest BCUT2D eigenvalue weighted by Gasteiger charge is -2.08. The Morgan fingerprint density at radius 3 is 2.39 bits per heavy atom. The van der Waals surface area contributed by atoms with Crippen LogP contribution in [0.25, 0.3) is 60.8 Å². The average molecular weight is 445 g/mol. The Morgan fingerprint density at radius 1 is 0.697 bits per heavy atom. The first-order valence-electron chi connectivity index (χ1n) is 10.8. The minimum absolute atomic E-state index is 0.573. The van der Waals surface area contributed by atoms with E-state index >= 15 is 0 Å². The van der Waals surface area contributed by atoms with Crippen molar-refractivity contribution in [1.29, 1.82) is 0 Å². The zero-order valence-corrected chi connectivity index (χ0v) is 18.3. The molecule has 0 N–H and O–H groups in total. The molecule has 0 radical (unpaired) electrons. The van der Waals surface area contributed by atoms with E-state index in [1.807, 2.05) is 36.4 Å².